The molecule has 0 unspecified atom stereocenters. The van der Waals surface area contributed by atoms with Crippen molar-refractivity contribution in [2.75, 3.05) is 0 Å². The van der Waals surface area contributed by atoms with Gasteiger partial charge in [-0.05, 0) is 60.1 Å². The Morgan fingerprint density at radius 2 is 1.54 bits per heavy atom. The summed E-state index contributed by atoms with van der Waals surface area (Å²) >= 11 is 3.29. The highest BCUT2D eigenvalue weighted by atomic mass is 79.9. The average molecular weight is 454 g/mol. The molecule has 0 amide bonds. The summed E-state index contributed by atoms with van der Waals surface area (Å²) in [7, 11) is 0. The Labute approximate surface area is 167 Å². The van der Waals surface area contributed by atoms with E-state index in [0.29, 0.717) is 38.5 Å². The van der Waals surface area contributed by atoms with Crippen LogP contribution >= 0.6 is 15.9 Å². The lowest BCUT2D eigenvalue weighted by molar-refractivity contribution is -0.274. The van der Waals surface area contributed by atoms with Crippen LogP contribution in [0.25, 0.3) is 11.1 Å². The van der Waals surface area contributed by atoms with Crippen molar-refractivity contribution in [2.24, 2.45) is 0 Å². The maximum atomic E-state index is 12.7. The van der Waals surface area contributed by atoms with Gasteiger partial charge in [-0.25, -0.2) is 0 Å². The van der Waals surface area contributed by atoms with Crippen LogP contribution in [0.5, 0.6) is 17.2 Å². The van der Waals surface area contributed by atoms with E-state index in [0.717, 1.165) is 12.1 Å². The van der Waals surface area contributed by atoms with Crippen LogP contribution in [-0.2, 0) is 0 Å². The van der Waals surface area contributed by atoms with Gasteiger partial charge in [-0.1, -0.05) is 18.2 Å². The molecule has 0 bridgehead atoms. The van der Waals surface area contributed by atoms with Gasteiger partial charge in [-0.15, -0.1) is 13.2 Å². The van der Waals surface area contributed by atoms with E-state index in [1.54, 1.807) is 38.1 Å². The molecule has 146 valence electrons. The average Bonchev–Trinajstić information content (AvgIpc) is 2.62. The number of hydrogen-bond donors (Lipinski definition) is 1. The van der Waals surface area contributed by atoms with Crippen molar-refractivity contribution in [1.82, 2.24) is 4.98 Å². The second-order valence-corrected chi connectivity index (χ2v) is 6.80. The molecule has 8 heteroatoms. The Kier molecular flexibility index (Phi) is 5.51. The summed E-state index contributed by atoms with van der Waals surface area (Å²) < 4.78 is 46.9. The molecule has 0 aliphatic heterocycles. The summed E-state index contributed by atoms with van der Waals surface area (Å²) in [6.07, 6.45) is -4.76. The van der Waals surface area contributed by atoms with Gasteiger partial charge in [0.05, 0.1) is 10.0 Å². The molecule has 0 saturated carbocycles. The molecule has 0 saturated heterocycles. The third-order valence-corrected chi connectivity index (χ3v) is 4.90. The molecule has 0 aliphatic carbocycles. The fraction of sp³-hybridized carbons (Fsp3) is 0.150. The highest BCUT2D eigenvalue weighted by Crippen LogP contribution is 2.34. The second-order valence-electron chi connectivity index (χ2n) is 6.01. The molecule has 0 atom stereocenters. The molecule has 28 heavy (non-hydrogen) atoms. The van der Waals surface area contributed by atoms with Crippen LogP contribution in [-0.4, -0.2) is 11.3 Å². The number of aryl methyl sites for hydroxylation is 2. The Hall–Kier alpha value is -2.74. The number of ether oxygens (including phenoxy) is 2. The third-order valence-electron chi connectivity index (χ3n) is 3.95. The van der Waals surface area contributed by atoms with Crippen LogP contribution in [0.1, 0.15) is 11.4 Å². The number of para-hydroxylation sites is 1. The number of benzene rings is 2. The number of pyridine rings is 1. The molecule has 1 N–H and O–H groups in total. The zero-order chi connectivity index (χ0) is 20.5. The van der Waals surface area contributed by atoms with E-state index >= 15 is 0 Å². The first-order valence-electron chi connectivity index (χ1n) is 8.18. The molecule has 3 aromatic rings. The number of nitrogens with one attached hydrogen (secondary N) is 1. The Morgan fingerprint density at radius 1 is 0.929 bits per heavy atom. The van der Waals surface area contributed by atoms with Gasteiger partial charge >= 0.3 is 6.36 Å². The Bertz CT molecular complexity index is 1060. The molecule has 0 aliphatic rings. The third kappa shape index (κ3) is 4.39. The summed E-state index contributed by atoms with van der Waals surface area (Å²) in [5, 5.41) is 0. The fourth-order valence-electron chi connectivity index (χ4n) is 2.77. The standard InChI is InChI=1S/C20H15BrF3NO3/c1-11-17(19(26)18(21)12(2)25-11)15-5-3-4-6-16(15)27-13-7-9-14(10-8-13)28-20(22,23)24/h3-10H,1-2H3,(H,25,26). The van der Waals surface area contributed by atoms with Gasteiger partial charge in [-0.2, -0.15) is 0 Å². The topological polar surface area (TPSA) is 51.3 Å². The van der Waals surface area contributed by atoms with E-state index < -0.39 is 6.36 Å². The lowest BCUT2D eigenvalue weighted by atomic mass is 10.0. The van der Waals surface area contributed by atoms with Crippen molar-refractivity contribution in [3.05, 3.63) is 74.6 Å². The number of halogens is 4. The van der Waals surface area contributed by atoms with Crippen molar-refractivity contribution in [3.8, 4) is 28.4 Å². The van der Waals surface area contributed by atoms with Gasteiger partial charge in [-0.3, -0.25) is 4.79 Å². The van der Waals surface area contributed by atoms with Crippen LogP contribution in [0.4, 0.5) is 13.2 Å². The minimum absolute atomic E-state index is 0.182. The largest absolute Gasteiger partial charge is 0.573 e. The first-order chi connectivity index (χ1) is 13.2. The lowest BCUT2D eigenvalue weighted by Gasteiger charge is -2.14. The number of rotatable bonds is 4. The first-order valence-corrected chi connectivity index (χ1v) is 8.97. The summed E-state index contributed by atoms with van der Waals surface area (Å²) in [6.45, 7) is 3.57. The van der Waals surface area contributed by atoms with E-state index in [2.05, 4.69) is 25.7 Å². The number of H-pyrrole nitrogens is 1. The second kappa shape index (κ2) is 7.71. The quantitative estimate of drug-likeness (QED) is 0.518. The van der Waals surface area contributed by atoms with Crippen molar-refractivity contribution in [3.63, 3.8) is 0 Å². The first kappa shape index (κ1) is 20.0. The molecule has 0 radical (unpaired) electrons. The van der Waals surface area contributed by atoms with E-state index in [9.17, 15) is 18.0 Å². The van der Waals surface area contributed by atoms with Crippen LogP contribution in [0, 0.1) is 13.8 Å². The van der Waals surface area contributed by atoms with E-state index in [-0.39, 0.29) is 11.2 Å². The lowest BCUT2D eigenvalue weighted by Crippen LogP contribution is -2.16. The van der Waals surface area contributed by atoms with Gasteiger partial charge in [0.1, 0.15) is 17.2 Å². The van der Waals surface area contributed by atoms with Crippen molar-refractivity contribution in [1.29, 1.82) is 0 Å². The molecule has 4 nitrogen and oxygen atoms in total. The smallest absolute Gasteiger partial charge is 0.457 e. The van der Waals surface area contributed by atoms with Gasteiger partial charge in [0.2, 0.25) is 5.43 Å². The number of aromatic nitrogens is 1. The monoisotopic (exact) mass is 453 g/mol. The summed E-state index contributed by atoms with van der Waals surface area (Å²) in [4.78, 5) is 15.9. The Balaban J connectivity index is 1.97. The van der Waals surface area contributed by atoms with Gasteiger partial charge < -0.3 is 14.5 Å². The van der Waals surface area contributed by atoms with Gasteiger partial charge in [0, 0.05) is 17.0 Å². The van der Waals surface area contributed by atoms with E-state index in [4.69, 9.17) is 4.74 Å². The molecule has 0 spiro atoms. The fourth-order valence-corrected chi connectivity index (χ4v) is 3.07. The maximum absolute atomic E-state index is 12.7. The molecule has 1 heterocycles. The number of hydrogen-bond acceptors (Lipinski definition) is 3. The van der Waals surface area contributed by atoms with Crippen LogP contribution in [0.2, 0.25) is 0 Å². The van der Waals surface area contributed by atoms with Crippen LogP contribution in [0.15, 0.2) is 57.8 Å². The predicted molar refractivity (Wildman–Crippen MR) is 103 cm³/mol. The molecule has 1 aromatic heterocycles. The van der Waals surface area contributed by atoms with E-state index in [1.807, 2.05) is 0 Å². The molecule has 3 rings (SSSR count). The van der Waals surface area contributed by atoms with Crippen LogP contribution in [0.3, 0.4) is 0 Å². The minimum atomic E-state index is -4.76. The molecular weight excluding hydrogens is 439 g/mol. The van der Waals surface area contributed by atoms with Crippen LogP contribution < -0.4 is 14.9 Å². The SMILES string of the molecule is Cc1[nH]c(C)c(-c2ccccc2Oc2ccc(OC(F)(F)F)cc2)c(=O)c1Br. The normalized spacial score (nSPS) is 11.4. The Morgan fingerprint density at radius 3 is 2.18 bits per heavy atom. The summed E-state index contributed by atoms with van der Waals surface area (Å²) in [5.41, 5.74) is 2.22. The van der Waals surface area contributed by atoms with Crippen molar-refractivity contribution < 1.29 is 22.6 Å². The van der Waals surface area contributed by atoms with Gasteiger partial charge in [0.15, 0.2) is 0 Å². The molecule has 0 fully saturated rings. The number of alkyl halides is 3. The zero-order valence-electron chi connectivity index (χ0n) is 14.9. The summed E-state index contributed by atoms with van der Waals surface area (Å²) in [5.74, 6) is 0.362. The maximum Gasteiger partial charge on any atom is 0.573 e. The molecule has 2 aromatic carbocycles. The van der Waals surface area contributed by atoms with Crippen molar-refractivity contribution >= 4 is 15.9 Å². The zero-order valence-corrected chi connectivity index (χ0v) is 16.4. The summed E-state index contributed by atoms with van der Waals surface area (Å²) in [6, 6.07) is 12.0. The highest BCUT2D eigenvalue weighted by Gasteiger charge is 2.31. The predicted octanol–water partition coefficient (Wildman–Crippen LogP) is 6.11. The highest BCUT2D eigenvalue weighted by molar-refractivity contribution is 9.10. The molecular formula is C20H15BrF3NO3. The number of aromatic amines is 1. The van der Waals surface area contributed by atoms with Gasteiger partial charge in [0.25, 0.3) is 0 Å². The minimum Gasteiger partial charge on any atom is -0.457 e. The van der Waals surface area contributed by atoms with E-state index in [1.165, 1.54) is 12.1 Å². The van der Waals surface area contributed by atoms with Crippen molar-refractivity contribution in [2.45, 2.75) is 20.2 Å².